The lowest BCUT2D eigenvalue weighted by molar-refractivity contribution is 0.974. The van der Waals surface area contributed by atoms with E-state index in [0.29, 0.717) is 0 Å². The molecule has 0 unspecified atom stereocenters. The SMILES string of the molecule is CSC(=NCCSCc1nc[nH]c1C)NCCSCc1ccccn1. The molecule has 0 saturated carbocycles. The Labute approximate surface area is 162 Å². The maximum Gasteiger partial charge on any atom is 0.156 e. The third-order valence-electron chi connectivity index (χ3n) is 3.36. The van der Waals surface area contributed by atoms with Crippen LogP contribution in [-0.2, 0) is 11.5 Å². The number of H-pyrrole nitrogens is 1. The van der Waals surface area contributed by atoms with Crippen LogP contribution in [0.3, 0.4) is 0 Å². The Morgan fingerprint density at radius 3 is 2.80 bits per heavy atom. The molecule has 25 heavy (non-hydrogen) atoms. The van der Waals surface area contributed by atoms with Crippen molar-refractivity contribution in [3.05, 3.63) is 47.8 Å². The number of nitrogens with zero attached hydrogens (tertiary/aromatic N) is 3. The lowest BCUT2D eigenvalue weighted by Crippen LogP contribution is -2.23. The summed E-state index contributed by atoms with van der Waals surface area (Å²) >= 11 is 5.43. The summed E-state index contributed by atoms with van der Waals surface area (Å²) in [5.41, 5.74) is 3.43. The molecular formula is C17H25N5S3. The van der Waals surface area contributed by atoms with Gasteiger partial charge in [0, 0.05) is 41.4 Å². The zero-order valence-electron chi connectivity index (χ0n) is 14.7. The van der Waals surface area contributed by atoms with E-state index in [-0.39, 0.29) is 0 Å². The van der Waals surface area contributed by atoms with Gasteiger partial charge in [-0.1, -0.05) is 17.8 Å². The highest BCUT2D eigenvalue weighted by Crippen LogP contribution is 2.12. The van der Waals surface area contributed by atoms with E-state index in [1.165, 1.54) is 0 Å². The van der Waals surface area contributed by atoms with Crippen molar-refractivity contribution < 1.29 is 0 Å². The Morgan fingerprint density at radius 2 is 2.08 bits per heavy atom. The Morgan fingerprint density at radius 1 is 1.20 bits per heavy atom. The smallest absolute Gasteiger partial charge is 0.156 e. The van der Waals surface area contributed by atoms with E-state index in [4.69, 9.17) is 0 Å². The van der Waals surface area contributed by atoms with Gasteiger partial charge in [-0.25, -0.2) is 4.98 Å². The van der Waals surface area contributed by atoms with Crippen LogP contribution in [0.1, 0.15) is 17.1 Å². The summed E-state index contributed by atoms with van der Waals surface area (Å²) in [5, 5.41) is 4.44. The molecule has 8 heteroatoms. The van der Waals surface area contributed by atoms with Crippen molar-refractivity contribution in [3.63, 3.8) is 0 Å². The molecule has 5 nitrogen and oxygen atoms in total. The molecule has 2 aromatic rings. The second-order valence-corrected chi connectivity index (χ2v) is 8.22. The van der Waals surface area contributed by atoms with Crippen LogP contribution in [0.15, 0.2) is 35.7 Å². The van der Waals surface area contributed by atoms with Crippen LogP contribution in [0.25, 0.3) is 0 Å². The fraction of sp³-hybridized carbons (Fsp3) is 0.471. The Balaban J connectivity index is 1.54. The van der Waals surface area contributed by atoms with Gasteiger partial charge in [0.1, 0.15) is 0 Å². The molecule has 0 aromatic carbocycles. The van der Waals surface area contributed by atoms with Gasteiger partial charge >= 0.3 is 0 Å². The lowest BCUT2D eigenvalue weighted by atomic mass is 10.4. The molecule has 0 fully saturated rings. The van der Waals surface area contributed by atoms with Crippen LogP contribution in [0.2, 0.25) is 0 Å². The van der Waals surface area contributed by atoms with Gasteiger partial charge in [0.25, 0.3) is 0 Å². The van der Waals surface area contributed by atoms with Crippen LogP contribution < -0.4 is 5.32 Å². The number of pyridine rings is 1. The van der Waals surface area contributed by atoms with Crippen molar-refractivity contribution in [2.75, 3.05) is 30.9 Å². The van der Waals surface area contributed by atoms with Gasteiger partial charge in [0.05, 0.1) is 24.3 Å². The van der Waals surface area contributed by atoms with E-state index in [1.54, 1.807) is 18.1 Å². The molecule has 0 aliphatic carbocycles. The second-order valence-electron chi connectivity index (χ2n) is 5.22. The molecule has 2 aromatic heterocycles. The number of hydrogen-bond donors (Lipinski definition) is 2. The normalized spacial score (nSPS) is 11.7. The molecular weight excluding hydrogens is 370 g/mol. The summed E-state index contributed by atoms with van der Waals surface area (Å²) in [4.78, 5) is 16.4. The molecule has 2 rings (SSSR count). The number of amidine groups is 1. The minimum absolute atomic E-state index is 0.832. The first-order chi connectivity index (χ1) is 12.3. The molecule has 0 spiro atoms. The first-order valence-electron chi connectivity index (χ1n) is 8.16. The molecule has 2 heterocycles. The average Bonchev–Trinajstić information content (AvgIpc) is 3.05. The van der Waals surface area contributed by atoms with E-state index < -0.39 is 0 Å². The first-order valence-corrected chi connectivity index (χ1v) is 11.7. The lowest BCUT2D eigenvalue weighted by Gasteiger charge is -2.07. The number of imidazole rings is 1. The fourth-order valence-electron chi connectivity index (χ4n) is 2.00. The summed E-state index contributed by atoms with van der Waals surface area (Å²) in [7, 11) is 0. The van der Waals surface area contributed by atoms with Crippen LogP contribution >= 0.6 is 35.3 Å². The maximum absolute atomic E-state index is 4.64. The zero-order valence-corrected chi connectivity index (χ0v) is 17.1. The minimum Gasteiger partial charge on any atom is -0.364 e. The Kier molecular flexibility index (Phi) is 9.91. The van der Waals surface area contributed by atoms with E-state index in [2.05, 4.69) is 44.5 Å². The van der Waals surface area contributed by atoms with Gasteiger partial charge in [-0.05, 0) is 25.3 Å². The van der Waals surface area contributed by atoms with Crippen molar-refractivity contribution in [2.24, 2.45) is 4.99 Å². The predicted octanol–water partition coefficient (Wildman–Crippen LogP) is 3.59. The summed E-state index contributed by atoms with van der Waals surface area (Å²) in [6, 6.07) is 6.05. The molecule has 0 amide bonds. The third-order valence-corrected chi connectivity index (χ3v) is 5.96. The standard InChI is InChI=1S/C17H25N5S3/c1-14-16(22-13-21-14)12-25-10-8-20-17(23-2)19-7-9-24-11-15-5-3-4-6-18-15/h3-6,13H,7-12H2,1-2H3,(H,19,20)(H,21,22). The predicted molar refractivity (Wildman–Crippen MR) is 114 cm³/mol. The number of nitrogens with one attached hydrogen (secondary N) is 2. The van der Waals surface area contributed by atoms with Gasteiger partial charge < -0.3 is 10.3 Å². The van der Waals surface area contributed by atoms with Crippen molar-refractivity contribution >= 4 is 40.5 Å². The van der Waals surface area contributed by atoms with Gasteiger partial charge in [-0.3, -0.25) is 9.98 Å². The molecule has 0 atom stereocenters. The summed E-state index contributed by atoms with van der Waals surface area (Å²) in [5.74, 6) is 3.95. The summed E-state index contributed by atoms with van der Waals surface area (Å²) < 4.78 is 0. The fourth-order valence-corrected chi connectivity index (χ4v) is 4.08. The van der Waals surface area contributed by atoms with Crippen molar-refractivity contribution in [2.45, 2.75) is 18.4 Å². The Bertz CT molecular complexity index is 630. The summed E-state index contributed by atoms with van der Waals surface area (Å²) in [6.07, 6.45) is 5.66. The quantitative estimate of drug-likeness (QED) is 0.364. The minimum atomic E-state index is 0.832. The second kappa shape index (κ2) is 12.3. The molecule has 0 aliphatic rings. The number of thioether (sulfide) groups is 3. The van der Waals surface area contributed by atoms with Crippen molar-refractivity contribution in [3.8, 4) is 0 Å². The topological polar surface area (TPSA) is 66.0 Å². The summed E-state index contributed by atoms with van der Waals surface area (Å²) in [6.45, 7) is 3.82. The third kappa shape index (κ3) is 8.20. The van der Waals surface area contributed by atoms with Crippen LogP contribution in [-0.4, -0.2) is 51.0 Å². The molecule has 0 aliphatic heterocycles. The number of aliphatic imine (C=N–C) groups is 1. The van der Waals surface area contributed by atoms with Crippen LogP contribution in [0.4, 0.5) is 0 Å². The molecule has 136 valence electrons. The molecule has 0 saturated heterocycles. The largest absolute Gasteiger partial charge is 0.364 e. The highest BCUT2D eigenvalue weighted by molar-refractivity contribution is 8.13. The van der Waals surface area contributed by atoms with E-state index in [9.17, 15) is 0 Å². The highest BCUT2D eigenvalue weighted by atomic mass is 32.2. The van der Waals surface area contributed by atoms with Gasteiger partial charge in [0.2, 0.25) is 0 Å². The van der Waals surface area contributed by atoms with Gasteiger partial charge in [0.15, 0.2) is 5.17 Å². The zero-order chi connectivity index (χ0) is 17.7. The van der Waals surface area contributed by atoms with Crippen LogP contribution in [0, 0.1) is 6.92 Å². The Hall–Kier alpha value is -1.12. The average molecular weight is 396 g/mol. The maximum atomic E-state index is 4.64. The first kappa shape index (κ1) is 20.2. The van der Waals surface area contributed by atoms with Gasteiger partial charge in [-0.15, -0.1) is 0 Å². The number of rotatable bonds is 10. The number of aromatic amines is 1. The monoisotopic (exact) mass is 395 g/mol. The number of aromatic nitrogens is 3. The highest BCUT2D eigenvalue weighted by Gasteiger charge is 2.01. The van der Waals surface area contributed by atoms with Crippen molar-refractivity contribution in [1.82, 2.24) is 20.3 Å². The number of hydrogen-bond acceptors (Lipinski definition) is 6. The molecule has 0 radical (unpaired) electrons. The van der Waals surface area contributed by atoms with Crippen LogP contribution in [0.5, 0.6) is 0 Å². The molecule has 0 bridgehead atoms. The van der Waals surface area contributed by atoms with E-state index in [0.717, 1.165) is 58.4 Å². The number of aryl methyl sites for hydroxylation is 1. The molecule has 2 N–H and O–H groups in total. The van der Waals surface area contributed by atoms with E-state index >= 15 is 0 Å². The van der Waals surface area contributed by atoms with Gasteiger partial charge in [-0.2, -0.15) is 23.5 Å². The van der Waals surface area contributed by atoms with Crippen molar-refractivity contribution in [1.29, 1.82) is 0 Å². The van der Waals surface area contributed by atoms with E-state index in [1.807, 2.05) is 41.9 Å².